The van der Waals surface area contributed by atoms with Gasteiger partial charge in [0.2, 0.25) is 0 Å². The molecule has 2 aromatic carbocycles. The van der Waals surface area contributed by atoms with Crippen LogP contribution in [0.5, 0.6) is 5.75 Å². The molecule has 26 heavy (non-hydrogen) atoms. The predicted molar refractivity (Wildman–Crippen MR) is 95.2 cm³/mol. The Bertz CT molecular complexity index is 852. The van der Waals surface area contributed by atoms with E-state index in [4.69, 9.17) is 9.47 Å². The van der Waals surface area contributed by atoms with Gasteiger partial charge in [0.15, 0.2) is 0 Å². The Labute approximate surface area is 152 Å². The van der Waals surface area contributed by atoms with E-state index in [1.165, 1.54) is 6.07 Å². The lowest BCUT2D eigenvalue weighted by atomic mass is 10.3. The van der Waals surface area contributed by atoms with Crippen molar-refractivity contribution in [2.24, 2.45) is 0 Å². The first-order valence-corrected chi connectivity index (χ1v) is 9.49. The molecule has 6 nitrogen and oxygen atoms in total. The molecule has 2 aromatic rings. The second-order valence-corrected chi connectivity index (χ2v) is 7.06. The fourth-order valence-corrected chi connectivity index (χ4v) is 3.67. The summed E-state index contributed by atoms with van der Waals surface area (Å²) in [5.74, 6) is -0.785. The molecule has 0 spiro atoms. The number of sulfonamides is 1. The second-order valence-electron chi connectivity index (χ2n) is 5.20. The average Bonchev–Trinajstić information content (AvgIpc) is 2.61. The molecule has 0 aliphatic carbocycles. The van der Waals surface area contributed by atoms with Crippen molar-refractivity contribution >= 4 is 21.7 Å². The lowest BCUT2D eigenvalue weighted by Gasteiger charge is -2.24. The third-order valence-electron chi connectivity index (χ3n) is 3.40. The standard InChI is InChI=1S/C18H20FNO5S/c1-3-24-16-7-5-6-15(12-16)20(13-18(21)25-4-2)26(22,23)17-10-8-14(19)9-11-17/h5-12H,3-4,13H2,1-2H3. The number of nitrogens with zero attached hydrogens (tertiary/aromatic N) is 1. The predicted octanol–water partition coefficient (Wildman–Crippen LogP) is 2.98. The summed E-state index contributed by atoms with van der Waals surface area (Å²) in [7, 11) is -4.11. The lowest BCUT2D eigenvalue weighted by molar-refractivity contribution is -0.141. The van der Waals surface area contributed by atoms with Crippen molar-refractivity contribution < 1.29 is 27.1 Å². The zero-order valence-corrected chi connectivity index (χ0v) is 15.3. The molecule has 0 radical (unpaired) electrons. The van der Waals surface area contributed by atoms with Gasteiger partial charge in [-0.3, -0.25) is 9.10 Å². The number of hydrogen-bond donors (Lipinski definition) is 0. The van der Waals surface area contributed by atoms with Crippen molar-refractivity contribution in [1.29, 1.82) is 0 Å². The van der Waals surface area contributed by atoms with Gasteiger partial charge in [-0.1, -0.05) is 6.07 Å². The number of rotatable bonds is 8. The zero-order chi connectivity index (χ0) is 19.2. The van der Waals surface area contributed by atoms with Gasteiger partial charge in [0.25, 0.3) is 10.0 Å². The van der Waals surface area contributed by atoms with Crippen molar-refractivity contribution in [3.05, 3.63) is 54.3 Å². The molecule has 0 aromatic heterocycles. The summed E-state index contributed by atoms with van der Waals surface area (Å²) in [4.78, 5) is 11.8. The van der Waals surface area contributed by atoms with Crippen molar-refractivity contribution in [3.8, 4) is 5.75 Å². The first-order chi connectivity index (χ1) is 12.4. The Morgan fingerprint density at radius 2 is 1.77 bits per heavy atom. The zero-order valence-electron chi connectivity index (χ0n) is 14.5. The van der Waals surface area contributed by atoms with Crippen LogP contribution < -0.4 is 9.04 Å². The van der Waals surface area contributed by atoms with Gasteiger partial charge in [-0.05, 0) is 50.2 Å². The van der Waals surface area contributed by atoms with E-state index in [0.29, 0.717) is 12.4 Å². The number of hydrogen-bond acceptors (Lipinski definition) is 5. The second kappa shape index (κ2) is 8.66. The van der Waals surface area contributed by atoms with Crippen LogP contribution in [-0.2, 0) is 19.6 Å². The molecular weight excluding hydrogens is 361 g/mol. The number of carbonyl (C=O) groups is 1. The molecule has 0 fully saturated rings. The minimum atomic E-state index is -4.11. The van der Waals surface area contributed by atoms with Crippen molar-refractivity contribution in [3.63, 3.8) is 0 Å². The maximum atomic E-state index is 13.1. The van der Waals surface area contributed by atoms with Crippen LogP contribution in [0.1, 0.15) is 13.8 Å². The smallest absolute Gasteiger partial charge is 0.326 e. The van der Waals surface area contributed by atoms with Crippen LogP contribution >= 0.6 is 0 Å². The van der Waals surface area contributed by atoms with Gasteiger partial charge in [0.1, 0.15) is 18.1 Å². The Morgan fingerprint density at radius 3 is 2.38 bits per heavy atom. The number of carbonyl (C=O) groups excluding carboxylic acids is 1. The molecule has 0 heterocycles. The van der Waals surface area contributed by atoms with E-state index >= 15 is 0 Å². The van der Waals surface area contributed by atoms with Crippen LogP contribution in [0.4, 0.5) is 10.1 Å². The van der Waals surface area contributed by atoms with E-state index in [2.05, 4.69) is 0 Å². The minimum absolute atomic E-state index is 0.127. The fraction of sp³-hybridized carbons (Fsp3) is 0.278. The third kappa shape index (κ3) is 4.72. The van der Waals surface area contributed by atoms with Gasteiger partial charge < -0.3 is 9.47 Å². The van der Waals surface area contributed by atoms with Gasteiger partial charge in [-0.2, -0.15) is 0 Å². The normalized spacial score (nSPS) is 11.0. The molecule has 0 aliphatic heterocycles. The van der Waals surface area contributed by atoms with E-state index in [-0.39, 0.29) is 17.2 Å². The Morgan fingerprint density at radius 1 is 1.08 bits per heavy atom. The molecule has 0 saturated heterocycles. The number of anilines is 1. The van der Waals surface area contributed by atoms with Crippen LogP contribution in [0.3, 0.4) is 0 Å². The Hall–Kier alpha value is -2.61. The van der Waals surface area contributed by atoms with Gasteiger partial charge in [0.05, 0.1) is 23.8 Å². The summed E-state index contributed by atoms with van der Waals surface area (Å²) in [6.45, 7) is 3.46. The van der Waals surface area contributed by atoms with E-state index < -0.39 is 28.4 Å². The molecule has 0 atom stereocenters. The highest BCUT2D eigenvalue weighted by atomic mass is 32.2. The number of benzene rings is 2. The summed E-state index contributed by atoms with van der Waals surface area (Å²) in [6, 6.07) is 10.8. The number of ether oxygens (including phenoxy) is 2. The number of esters is 1. The first-order valence-electron chi connectivity index (χ1n) is 8.05. The first kappa shape index (κ1) is 19.7. The summed E-state index contributed by atoms with van der Waals surface area (Å²) in [5, 5.41) is 0. The van der Waals surface area contributed by atoms with Crippen molar-refractivity contribution in [2.75, 3.05) is 24.1 Å². The SMILES string of the molecule is CCOC(=O)CN(c1cccc(OCC)c1)S(=O)(=O)c1ccc(F)cc1. The largest absolute Gasteiger partial charge is 0.494 e. The highest BCUT2D eigenvalue weighted by Crippen LogP contribution is 2.27. The molecular formula is C18H20FNO5S. The maximum Gasteiger partial charge on any atom is 0.326 e. The van der Waals surface area contributed by atoms with Crippen molar-refractivity contribution in [2.45, 2.75) is 18.7 Å². The van der Waals surface area contributed by atoms with Crippen LogP contribution in [0.2, 0.25) is 0 Å². The van der Waals surface area contributed by atoms with Gasteiger partial charge in [-0.25, -0.2) is 12.8 Å². The van der Waals surface area contributed by atoms with E-state index in [1.54, 1.807) is 32.0 Å². The van der Waals surface area contributed by atoms with Gasteiger partial charge in [0, 0.05) is 6.07 Å². The Balaban J connectivity index is 2.48. The summed E-state index contributed by atoms with van der Waals surface area (Å²) in [6.07, 6.45) is 0. The molecule has 0 N–H and O–H groups in total. The monoisotopic (exact) mass is 381 g/mol. The van der Waals surface area contributed by atoms with Crippen LogP contribution in [0, 0.1) is 5.82 Å². The van der Waals surface area contributed by atoms with Crippen LogP contribution in [0.25, 0.3) is 0 Å². The molecule has 0 bridgehead atoms. The van der Waals surface area contributed by atoms with Gasteiger partial charge >= 0.3 is 5.97 Å². The van der Waals surface area contributed by atoms with E-state index in [1.807, 2.05) is 0 Å². The fourth-order valence-electron chi connectivity index (χ4n) is 2.27. The molecule has 2 rings (SSSR count). The maximum absolute atomic E-state index is 13.1. The van der Waals surface area contributed by atoms with E-state index in [0.717, 1.165) is 28.6 Å². The minimum Gasteiger partial charge on any atom is -0.494 e. The molecule has 0 saturated carbocycles. The third-order valence-corrected chi connectivity index (χ3v) is 5.18. The topological polar surface area (TPSA) is 72.9 Å². The molecule has 0 amide bonds. The summed E-state index contributed by atoms with van der Waals surface area (Å²) in [5.41, 5.74) is 0.244. The summed E-state index contributed by atoms with van der Waals surface area (Å²) < 4.78 is 50.4. The highest BCUT2D eigenvalue weighted by molar-refractivity contribution is 7.92. The highest BCUT2D eigenvalue weighted by Gasteiger charge is 2.28. The average molecular weight is 381 g/mol. The molecule has 0 unspecified atom stereocenters. The molecule has 8 heteroatoms. The summed E-state index contributed by atoms with van der Waals surface area (Å²) >= 11 is 0. The lowest BCUT2D eigenvalue weighted by Crippen LogP contribution is -2.36. The molecule has 0 aliphatic rings. The van der Waals surface area contributed by atoms with Gasteiger partial charge in [-0.15, -0.1) is 0 Å². The van der Waals surface area contributed by atoms with E-state index in [9.17, 15) is 17.6 Å². The quantitative estimate of drug-likeness (QED) is 0.658. The van der Waals surface area contributed by atoms with Crippen LogP contribution in [-0.4, -0.2) is 34.1 Å². The van der Waals surface area contributed by atoms with Crippen LogP contribution in [0.15, 0.2) is 53.4 Å². The van der Waals surface area contributed by atoms with Crippen molar-refractivity contribution in [1.82, 2.24) is 0 Å². The molecule has 140 valence electrons. The Kier molecular flexibility index (Phi) is 6.57. The number of halogens is 1.